The summed E-state index contributed by atoms with van der Waals surface area (Å²) in [6, 6.07) is 17.6. The smallest absolute Gasteiger partial charge is 0.237 e. The molecule has 2 aromatic heterocycles. The molecule has 1 atom stereocenters. The zero-order valence-electron chi connectivity index (χ0n) is 18.4. The minimum Gasteiger partial charge on any atom is -0.495 e. The number of methoxy groups -OCH3 is 1. The Morgan fingerprint density at radius 1 is 1.21 bits per heavy atom. The molecule has 1 unspecified atom stereocenters. The van der Waals surface area contributed by atoms with Gasteiger partial charge in [-0.15, -0.1) is 21.5 Å². The molecule has 0 radical (unpaired) electrons. The van der Waals surface area contributed by atoms with Gasteiger partial charge in [0.15, 0.2) is 5.16 Å². The van der Waals surface area contributed by atoms with Crippen molar-refractivity contribution in [3.63, 3.8) is 0 Å². The van der Waals surface area contributed by atoms with Crippen LogP contribution in [0.25, 0.3) is 5.69 Å². The minimum absolute atomic E-state index is 0.164. The van der Waals surface area contributed by atoms with Gasteiger partial charge < -0.3 is 10.1 Å². The summed E-state index contributed by atoms with van der Waals surface area (Å²) in [6.07, 6.45) is 0.669. The van der Waals surface area contributed by atoms with Gasteiger partial charge in [0.2, 0.25) is 5.91 Å². The molecule has 0 aliphatic rings. The van der Waals surface area contributed by atoms with E-state index in [1.165, 1.54) is 16.6 Å². The van der Waals surface area contributed by atoms with E-state index in [4.69, 9.17) is 16.3 Å². The Hall–Kier alpha value is -2.81. The summed E-state index contributed by atoms with van der Waals surface area (Å²) in [4.78, 5) is 14.2. The number of hydrogen-bond acceptors (Lipinski definition) is 6. The number of rotatable bonds is 8. The number of nitrogens with one attached hydrogen (secondary N) is 1. The van der Waals surface area contributed by atoms with Crippen LogP contribution in [0.15, 0.2) is 65.1 Å². The van der Waals surface area contributed by atoms with Crippen LogP contribution in [0, 0.1) is 6.92 Å². The van der Waals surface area contributed by atoms with Crippen LogP contribution in [0.5, 0.6) is 5.75 Å². The first-order valence-electron chi connectivity index (χ1n) is 10.3. The number of hydrogen-bond donors (Lipinski definition) is 1. The van der Waals surface area contributed by atoms with E-state index in [2.05, 4.69) is 21.6 Å². The van der Waals surface area contributed by atoms with Gasteiger partial charge in [-0.1, -0.05) is 47.6 Å². The van der Waals surface area contributed by atoms with Crippen LogP contribution in [0.2, 0.25) is 5.02 Å². The molecule has 0 saturated carbocycles. The van der Waals surface area contributed by atoms with Crippen molar-refractivity contribution in [2.45, 2.75) is 30.7 Å². The average molecular weight is 499 g/mol. The van der Waals surface area contributed by atoms with Crippen molar-refractivity contribution in [1.29, 1.82) is 0 Å². The minimum atomic E-state index is -0.424. The van der Waals surface area contributed by atoms with Crippen molar-refractivity contribution in [2.75, 3.05) is 12.4 Å². The summed E-state index contributed by atoms with van der Waals surface area (Å²) in [5.74, 6) is 1.18. The van der Waals surface area contributed by atoms with Crippen molar-refractivity contribution in [3.8, 4) is 11.4 Å². The van der Waals surface area contributed by atoms with Gasteiger partial charge in [0, 0.05) is 28.1 Å². The highest BCUT2D eigenvalue weighted by Crippen LogP contribution is 2.32. The van der Waals surface area contributed by atoms with Gasteiger partial charge in [-0.2, -0.15) is 0 Å². The Morgan fingerprint density at radius 3 is 2.70 bits per heavy atom. The SMILES string of the molecule is COc1cc(Cl)c(C)cc1NC(=O)C(C)Sc1nnc(Cc2cccs2)n1-c1ccccc1. The quantitative estimate of drug-likeness (QED) is 0.301. The molecule has 4 rings (SSSR count). The molecule has 33 heavy (non-hydrogen) atoms. The summed E-state index contributed by atoms with van der Waals surface area (Å²) in [5, 5.41) is 14.7. The van der Waals surface area contributed by atoms with Crippen molar-refractivity contribution in [3.05, 3.63) is 81.3 Å². The Balaban J connectivity index is 1.58. The fraction of sp³-hybridized carbons (Fsp3) is 0.208. The van der Waals surface area contributed by atoms with Crippen LogP contribution in [-0.4, -0.2) is 33.0 Å². The molecular formula is C24H23ClN4O2S2. The molecule has 6 nitrogen and oxygen atoms in total. The molecule has 0 bridgehead atoms. The lowest BCUT2D eigenvalue weighted by molar-refractivity contribution is -0.115. The molecule has 170 valence electrons. The van der Waals surface area contributed by atoms with E-state index in [-0.39, 0.29) is 5.91 Å². The summed E-state index contributed by atoms with van der Waals surface area (Å²) >= 11 is 9.23. The third kappa shape index (κ3) is 5.40. The lowest BCUT2D eigenvalue weighted by Gasteiger charge is -2.16. The number of para-hydroxylation sites is 1. The lowest BCUT2D eigenvalue weighted by Crippen LogP contribution is -2.23. The normalized spacial score (nSPS) is 11.9. The van der Waals surface area contributed by atoms with Gasteiger partial charge >= 0.3 is 0 Å². The van der Waals surface area contributed by atoms with E-state index in [9.17, 15) is 4.79 Å². The molecular weight excluding hydrogens is 476 g/mol. The lowest BCUT2D eigenvalue weighted by atomic mass is 10.2. The fourth-order valence-electron chi connectivity index (χ4n) is 3.27. The van der Waals surface area contributed by atoms with E-state index in [0.29, 0.717) is 28.0 Å². The zero-order chi connectivity index (χ0) is 23.4. The molecule has 0 saturated heterocycles. The number of anilines is 1. The van der Waals surface area contributed by atoms with Crippen molar-refractivity contribution in [2.24, 2.45) is 0 Å². The predicted octanol–water partition coefficient (Wildman–Crippen LogP) is 6.01. The third-order valence-corrected chi connectivity index (χ3v) is 7.34. The van der Waals surface area contributed by atoms with Gasteiger partial charge in [0.1, 0.15) is 11.6 Å². The summed E-state index contributed by atoms with van der Waals surface area (Å²) in [7, 11) is 1.55. The maximum Gasteiger partial charge on any atom is 0.237 e. The molecule has 0 aliphatic carbocycles. The molecule has 1 N–H and O–H groups in total. The number of thioether (sulfide) groups is 1. The second-order valence-corrected chi connectivity index (χ2v) is 10.1. The molecule has 2 aromatic carbocycles. The van der Waals surface area contributed by atoms with E-state index < -0.39 is 5.25 Å². The highest BCUT2D eigenvalue weighted by Gasteiger charge is 2.22. The summed E-state index contributed by atoms with van der Waals surface area (Å²) in [5.41, 5.74) is 2.40. The van der Waals surface area contributed by atoms with E-state index in [1.807, 2.05) is 66.3 Å². The van der Waals surface area contributed by atoms with Crippen molar-refractivity contribution in [1.82, 2.24) is 14.8 Å². The first-order chi connectivity index (χ1) is 16.0. The third-order valence-electron chi connectivity index (χ3n) is 5.02. The van der Waals surface area contributed by atoms with Gasteiger partial charge in [0.25, 0.3) is 0 Å². The molecule has 0 spiro atoms. The van der Waals surface area contributed by atoms with Crippen LogP contribution < -0.4 is 10.1 Å². The van der Waals surface area contributed by atoms with Gasteiger partial charge in [-0.25, -0.2) is 0 Å². The van der Waals surface area contributed by atoms with Gasteiger partial charge in [-0.3, -0.25) is 9.36 Å². The highest BCUT2D eigenvalue weighted by atomic mass is 35.5. The fourth-order valence-corrected chi connectivity index (χ4v) is 5.01. The second-order valence-electron chi connectivity index (χ2n) is 7.38. The van der Waals surface area contributed by atoms with Crippen LogP contribution >= 0.6 is 34.7 Å². The Morgan fingerprint density at radius 2 is 2.00 bits per heavy atom. The highest BCUT2D eigenvalue weighted by molar-refractivity contribution is 8.00. The van der Waals surface area contributed by atoms with Gasteiger partial charge in [-0.05, 0) is 49.1 Å². The average Bonchev–Trinajstić information content (AvgIpc) is 3.47. The standard InChI is InChI=1S/C24H23ClN4O2S2/c1-15-12-20(21(31-3)14-19(15)25)26-23(30)16(2)33-24-28-27-22(13-18-10-7-11-32-18)29(24)17-8-5-4-6-9-17/h4-12,14,16H,13H2,1-3H3,(H,26,30). The van der Waals surface area contributed by atoms with E-state index in [1.54, 1.807) is 24.5 Å². The number of aromatic nitrogens is 3. The monoisotopic (exact) mass is 498 g/mol. The number of halogens is 1. The number of carbonyl (C=O) groups excluding carboxylic acids is 1. The van der Waals surface area contributed by atoms with Crippen molar-refractivity contribution < 1.29 is 9.53 Å². The predicted molar refractivity (Wildman–Crippen MR) is 135 cm³/mol. The van der Waals surface area contributed by atoms with Crippen molar-refractivity contribution >= 4 is 46.3 Å². The number of benzene rings is 2. The molecule has 4 aromatic rings. The second kappa shape index (κ2) is 10.4. The summed E-state index contributed by atoms with van der Waals surface area (Å²) in [6.45, 7) is 3.73. The van der Waals surface area contributed by atoms with E-state index >= 15 is 0 Å². The molecule has 2 heterocycles. The first kappa shape index (κ1) is 23.4. The molecule has 0 fully saturated rings. The maximum atomic E-state index is 13.0. The Bertz CT molecular complexity index is 1240. The van der Waals surface area contributed by atoms with Crippen LogP contribution in [0.1, 0.15) is 23.2 Å². The zero-order valence-corrected chi connectivity index (χ0v) is 20.8. The molecule has 0 aliphatic heterocycles. The number of amides is 1. The molecule has 1 amide bonds. The number of ether oxygens (including phenoxy) is 1. The number of thiophene rings is 1. The Kier molecular flexibility index (Phi) is 7.37. The summed E-state index contributed by atoms with van der Waals surface area (Å²) < 4.78 is 7.39. The maximum absolute atomic E-state index is 13.0. The Labute approximate surface area is 206 Å². The topological polar surface area (TPSA) is 69.0 Å². The molecule has 9 heteroatoms. The number of aryl methyl sites for hydroxylation is 1. The largest absolute Gasteiger partial charge is 0.495 e. The van der Waals surface area contributed by atoms with Crippen LogP contribution in [0.4, 0.5) is 5.69 Å². The van der Waals surface area contributed by atoms with Crippen LogP contribution in [-0.2, 0) is 11.2 Å². The van der Waals surface area contributed by atoms with E-state index in [0.717, 1.165) is 17.1 Å². The first-order valence-corrected chi connectivity index (χ1v) is 12.4. The number of carbonyl (C=O) groups is 1. The number of nitrogens with zero attached hydrogens (tertiary/aromatic N) is 3. The van der Waals surface area contributed by atoms with Gasteiger partial charge in [0.05, 0.1) is 18.0 Å². The van der Waals surface area contributed by atoms with Crippen LogP contribution in [0.3, 0.4) is 0 Å².